The van der Waals surface area contributed by atoms with Gasteiger partial charge in [-0.3, -0.25) is 14.4 Å². The molecular weight excluding hydrogens is 538 g/mol. The number of carbonyl (C=O) groups is 3. The maximum atomic E-state index is 13.8. The predicted molar refractivity (Wildman–Crippen MR) is 157 cm³/mol. The Kier molecular flexibility index (Phi) is 9.60. The summed E-state index contributed by atoms with van der Waals surface area (Å²) in [5.74, 6) is -0.869. The molecule has 1 aliphatic rings. The summed E-state index contributed by atoms with van der Waals surface area (Å²) in [4.78, 5) is 41.8. The lowest BCUT2D eigenvalue weighted by Gasteiger charge is -2.32. The molecule has 1 heterocycles. The molecule has 8 nitrogen and oxygen atoms in total. The average molecular weight is 576 g/mol. The van der Waals surface area contributed by atoms with E-state index in [4.69, 9.17) is 0 Å². The zero-order chi connectivity index (χ0) is 29.6. The van der Waals surface area contributed by atoms with Crippen LogP contribution in [-0.4, -0.2) is 54.5 Å². The first kappa shape index (κ1) is 30.0. The number of nitrogens with zero attached hydrogens (tertiary/aromatic N) is 2. The number of amides is 3. The molecule has 216 valence electrons. The summed E-state index contributed by atoms with van der Waals surface area (Å²) in [5.41, 5.74) is 2.99. The number of hydrogen-bond donors (Lipinski definition) is 1. The molecule has 4 rings (SSSR count). The molecule has 0 aliphatic carbocycles. The van der Waals surface area contributed by atoms with Crippen LogP contribution in [0.3, 0.4) is 0 Å². The standard InChI is InChI=1S/C32H37N3O5S/c1-23(2)21-33-31(37)28(20-25-12-5-4-6-13-25)34(22-26-14-9-11-24(3)19-26)30(36)17-10-18-35-32(38)27-15-7-8-16-29(27)41(35,39)40/h4-9,11-16,19,23,28H,10,17-18,20-22H2,1-3H3,(H,33,37). The highest BCUT2D eigenvalue weighted by atomic mass is 32.2. The number of rotatable bonds is 12. The van der Waals surface area contributed by atoms with Gasteiger partial charge in [0.1, 0.15) is 10.9 Å². The lowest BCUT2D eigenvalue weighted by atomic mass is 10.0. The quantitative estimate of drug-likeness (QED) is 0.346. The molecule has 1 aliphatic heterocycles. The lowest BCUT2D eigenvalue weighted by Crippen LogP contribution is -2.51. The van der Waals surface area contributed by atoms with Gasteiger partial charge in [-0.15, -0.1) is 0 Å². The van der Waals surface area contributed by atoms with Crippen molar-refractivity contribution in [3.8, 4) is 0 Å². The molecule has 1 unspecified atom stereocenters. The fourth-order valence-electron chi connectivity index (χ4n) is 4.95. The van der Waals surface area contributed by atoms with Crippen LogP contribution in [0.1, 0.15) is 53.7 Å². The van der Waals surface area contributed by atoms with Crippen molar-refractivity contribution in [1.82, 2.24) is 14.5 Å². The Balaban J connectivity index is 1.56. The second kappa shape index (κ2) is 13.1. The number of carbonyl (C=O) groups excluding carboxylic acids is 3. The Bertz CT molecular complexity index is 1500. The summed E-state index contributed by atoms with van der Waals surface area (Å²) in [6.07, 6.45) is 0.439. The molecule has 0 bridgehead atoms. The van der Waals surface area contributed by atoms with Crippen LogP contribution in [0.25, 0.3) is 0 Å². The minimum Gasteiger partial charge on any atom is -0.354 e. The fraction of sp³-hybridized carbons (Fsp3) is 0.344. The van der Waals surface area contributed by atoms with Crippen LogP contribution in [-0.2, 0) is 32.6 Å². The number of hydrogen-bond acceptors (Lipinski definition) is 5. The van der Waals surface area contributed by atoms with Gasteiger partial charge < -0.3 is 10.2 Å². The lowest BCUT2D eigenvalue weighted by molar-refractivity contribution is -0.141. The molecular formula is C32H37N3O5S. The largest absolute Gasteiger partial charge is 0.354 e. The maximum absolute atomic E-state index is 13.8. The Hall–Kier alpha value is -3.98. The van der Waals surface area contributed by atoms with E-state index in [9.17, 15) is 22.8 Å². The molecule has 0 radical (unpaired) electrons. The van der Waals surface area contributed by atoms with Crippen LogP contribution < -0.4 is 5.32 Å². The first-order valence-corrected chi connectivity index (χ1v) is 15.3. The zero-order valence-electron chi connectivity index (χ0n) is 23.7. The smallest absolute Gasteiger partial charge is 0.269 e. The molecule has 0 saturated heterocycles. The predicted octanol–water partition coefficient (Wildman–Crippen LogP) is 4.33. The van der Waals surface area contributed by atoms with Gasteiger partial charge in [-0.05, 0) is 42.5 Å². The summed E-state index contributed by atoms with van der Waals surface area (Å²) in [5, 5.41) is 3.00. The third-order valence-corrected chi connectivity index (χ3v) is 8.90. The van der Waals surface area contributed by atoms with Gasteiger partial charge in [0.15, 0.2) is 0 Å². The van der Waals surface area contributed by atoms with E-state index in [1.165, 1.54) is 12.1 Å². The molecule has 3 aromatic carbocycles. The molecule has 0 spiro atoms. The first-order valence-electron chi connectivity index (χ1n) is 13.9. The van der Waals surface area contributed by atoms with E-state index >= 15 is 0 Å². The number of sulfonamides is 1. The second-order valence-corrected chi connectivity index (χ2v) is 12.7. The van der Waals surface area contributed by atoms with Gasteiger partial charge in [-0.25, -0.2) is 12.7 Å². The van der Waals surface area contributed by atoms with Crippen molar-refractivity contribution >= 4 is 27.7 Å². The number of nitrogens with one attached hydrogen (secondary N) is 1. The fourth-order valence-corrected chi connectivity index (χ4v) is 6.56. The highest BCUT2D eigenvalue weighted by Gasteiger charge is 2.40. The summed E-state index contributed by atoms with van der Waals surface area (Å²) >= 11 is 0. The SMILES string of the molecule is Cc1cccc(CN(C(=O)CCCN2C(=O)c3ccccc3S2(=O)=O)C(Cc2ccccc2)C(=O)NCC(C)C)c1. The van der Waals surface area contributed by atoms with Crippen molar-refractivity contribution in [1.29, 1.82) is 0 Å². The van der Waals surface area contributed by atoms with Gasteiger partial charge in [0.05, 0.1) is 5.56 Å². The summed E-state index contributed by atoms with van der Waals surface area (Å²) < 4.78 is 26.8. The van der Waals surface area contributed by atoms with Crippen molar-refractivity contribution in [2.75, 3.05) is 13.1 Å². The number of fused-ring (bicyclic) bond motifs is 1. The first-order chi connectivity index (χ1) is 19.6. The van der Waals surface area contributed by atoms with E-state index in [0.717, 1.165) is 21.0 Å². The van der Waals surface area contributed by atoms with Gasteiger partial charge in [-0.1, -0.05) is 86.1 Å². The topological polar surface area (TPSA) is 104 Å². The minimum absolute atomic E-state index is 0.0119. The Morgan fingerprint density at radius 1 is 0.927 bits per heavy atom. The highest BCUT2D eigenvalue weighted by molar-refractivity contribution is 7.90. The van der Waals surface area contributed by atoms with Crippen LogP contribution in [0.2, 0.25) is 0 Å². The van der Waals surface area contributed by atoms with Gasteiger partial charge in [0, 0.05) is 32.5 Å². The van der Waals surface area contributed by atoms with E-state index in [1.807, 2.05) is 75.4 Å². The maximum Gasteiger partial charge on any atom is 0.269 e. The van der Waals surface area contributed by atoms with Crippen molar-refractivity contribution < 1.29 is 22.8 Å². The summed E-state index contributed by atoms with van der Waals surface area (Å²) in [6.45, 7) is 6.56. The third kappa shape index (κ3) is 7.21. The van der Waals surface area contributed by atoms with Crippen LogP contribution >= 0.6 is 0 Å². The average Bonchev–Trinajstić information content (AvgIpc) is 3.14. The molecule has 0 aromatic heterocycles. The molecule has 0 fully saturated rings. The Labute approximate surface area is 242 Å². The normalized spacial score (nSPS) is 14.5. The van der Waals surface area contributed by atoms with Gasteiger partial charge in [0.25, 0.3) is 15.9 Å². The summed E-state index contributed by atoms with van der Waals surface area (Å²) in [6, 6.07) is 22.7. The van der Waals surface area contributed by atoms with Gasteiger partial charge in [-0.2, -0.15) is 0 Å². The van der Waals surface area contributed by atoms with E-state index < -0.39 is 22.0 Å². The molecule has 41 heavy (non-hydrogen) atoms. The second-order valence-electron chi connectivity index (χ2n) is 10.8. The summed E-state index contributed by atoms with van der Waals surface area (Å²) in [7, 11) is -3.96. The number of benzene rings is 3. The zero-order valence-corrected chi connectivity index (χ0v) is 24.6. The Morgan fingerprint density at radius 2 is 1.61 bits per heavy atom. The highest BCUT2D eigenvalue weighted by Crippen LogP contribution is 2.30. The third-order valence-electron chi connectivity index (χ3n) is 7.05. The van der Waals surface area contributed by atoms with E-state index in [1.54, 1.807) is 17.0 Å². The monoisotopic (exact) mass is 575 g/mol. The molecule has 0 saturated carbocycles. The Morgan fingerprint density at radius 3 is 2.29 bits per heavy atom. The van der Waals surface area contributed by atoms with Gasteiger partial charge in [0.2, 0.25) is 11.8 Å². The van der Waals surface area contributed by atoms with E-state index in [2.05, 4.69) is 5.32 Å². The molecule has 3 aromatic rings. The van der Waals surface area contributed by atoms with Crippen LogP contribution in [0, 0.1) is 12.8 Å². The van der Waals surface area contributed by atoms with Crippen molar-refractivity contribution in [2.45, 2.75) is 57.5 Å². The van der Waals surface area contributed by atoms with Gasteiger partial charge >= 0.3 is 0 Å². The minimum atomic E-state index is -3.96. The number of aryl methyl sites for hydroxylation is 1. The molecule has 1 N–H and O–H groups in total. The van der Waals surface area contributed by atoms with Crippen LogP contribution in [0.4, 0.5) is 0 Å². The van der Waals surface area contributed by atoms with Crippen molar-refractivity contribution in [2.24, 2.45) is 5.92 Å². The molecule has 3 amide bonds. The van der Waals surface area contributed by atoms with Crippen molar-refractivity contribution in [3.05, 3.63) is 101 Å². The van der Waals surface area contributed by atoms with Crippen LogP contribution in [0.5, 0.6) is 0 Å². The van der Waals surface area contributed by atoms with E-state index in [0.29, 0.717) is 13.0 Å². The molecule has 1 atom stereocenters. The van der Waals surface area contributed by atoms with Crippen molar-refractivity contribution in [3.63, 3.8) is 0 Å². The van der Waals surface area contributed by atoms with E-state index in [-0.39, 0.29) is 54.1 Å². The van der Waals surface area contributed by atoms with Crippen LogP contribution in [0.15, 0.2) is 83.8 Å². The molecule has 9 heteroatoms.